The second-order valence-corrected chi connectivity index (χ2v) is 14.3. The van der Waals surface area contributed by atoms with E-state index in [1.165, 1.54) is 12.5 Å². The van der Waals surface area contributed by atoms with E-state index >= 15 is 0 Å². The zero-order chi connectivity index (χ0) is 26.2. The van der Waals surface area contributed by atoms with Crippen LogP contribution in [0.25, 0.3) is 0 Å². The fourth-order valence-corrected chi connectivity index (χ4v) is 9.34. The van der Waals surface area contributed by atoms with Gasteiger partial charge in [0.05, 0.1) is 18.8 Å². The molecule has 0 aliphatic heterocycles. The van der Waals surface area contributed by atoms with Crippen molar-refractivity contribution in [2.24, 2.45) is 39.4 Å². The fourth-order valence-electron chi connectivity index (χ4n) is 9.34. The van der Waals surface area contributed by atoms with E-state index < -0.39 is 18.3 Å². The number of fused-ring (bicyclic) bond motifs is 4. The molecule has 4 N–H and O–H groups in total. The number of aliphatic hydroxyl groups is 4. The summed E-state index contributed by atoms with van der Waals surface area (Å²) >= 11 is 0. The highest BCUT2D eigenvalue weighted by molar-refractivity contribution is 5.99. The molecule has 2 saturated carbocycles. The van der Waals surface area contributed by atoms with Crippen LogP contribution in [0.1, 0.15) is 106 Å². The Morgan fingerprint density at radius 1 is 1.06 bits per heavy atom. The molecule has 0 bridgehead atoms. The van der Waals surface area contributed by atoms with Crippen LogP contribution in [0.3, 0.4) is 0 Å². The molecule has 4 aliphatic rings. The molecule has 0 amide bonds. The van der Waals surface area contributed by atoms with Gasteiger partial charge in [-0.25, -0.2) is 0 Å². The molecule has 5 heteroatoms. The first kappa shape index (κ1) is 27.3. The van der Waals surface area contributed by atoms with Crippen LogP contribution < -0.4 is 0 Å². The monoisotopic (exact) mass is 490 g/mol. The van der Waals surface area contributed by atoms with Crippen LogP contribution in [0.5, 0.6) is 0 Å². The molecule has 0 aromatic carbocycles. The summed E-state index contributed by atoms with van der Waals surface area (Å²) in [6, 6.07) is 0. The standard InChI is InChI=1S/C30H50O5/c1-18(8-9-24(34)30(7,35)17-31)19-10-15-29(6)25-20(11-14-28(19,29)5)27(4)13-12-23(33)26(2,3)22(27)16-21(25)32/h18-19,22-24,31,33-35H,8-17H2,1-7H3. The zero-order valence-corrected chi connectivity index (χ0v) is 23.2. The van der Waals surface area contributed by atoms with Gasteiger partial charge in [-0.3, -0.25) is 4.79 Å². The maximum Gasteiger partial charge on any atom is 0.159 e. The fraction of sp³-hybridized carbons (Fsp3) is 0.900. The molecule has 200 valence electrons. The first-order valence-electron chi connectivity index (χ1n) is 14.0. The molecule has 0 spiro atoms. The first-order valence-corrected chi connectivity index (χ1v) is 14.0. The van der Waals surface area contributed by atoms with Crippen molar-refractivity contribution in [3.05, 3.63) is 11.1 Å². The Labute approximate surface area is 212 Å². The smallest absolute Gasteiger partial charge is 0.159 e. The summed E-state index contributed by atoms with van der Waals surface area (Å²) in [4.78, 5) is 13.9. The summed E-state index contributed by atoms with van der Waals surface area (Å²) in [7, 11) is 0. The Morgan fingerprint density at radius 2 is 1.71 bits per heavy atom. The maximum atomic E-state index is 13.9. The molecule has 0 heterocycles. The van der Waals surface area contributed by atoms with Crippen molar-refractivity contribution >= 4 is 5.78 Å². The van der Waals surface area contributed by atoms with Crippen LogP contribution in [-0.2, 0) is 4.79 Å². The molecule has 4 rings (SSSR count). The maximum absolute atomic E-state index is 13.9. The summed E-state index contributed by atoms with van der Waals surface area (Å²) in [6.45, 7) is 14.7. The predicted octanol–water partition coefficient (Wildman–Crippen LogP) is 4.80. The SMILES string of the molecule is CC(CCC(O)C(C)(O)CO)C1CCC2(C)C3=C(CCC12C)C1(C)CCC(O)C(C)(C)C1CC3=O. The van der Waals surface area contributed by atoms with Crippen molar-refractivity contribution in [2.45, 2.75) is 124 Å². The summed E-state index contributed by atoms with van der Waals surface area (Å²) < 4.78 is 0. The van der Waals surface area contributed by atoms with Crippen molar-refractivity contribution in [3.8, 4) is 0 Å². The molecule has 0 radical (unpaired) electrons. The van der Waals surface area contributed by atoms with E-state index in [4.69, 9.17) is 0 Å². The van der Waals surface area contributed by atoms with E-state index in [-0.39, 0.29) is 33.7 Å². The molecule has 9 atom stereocenters. The van der Waals surface area contributed by atoms with Crippen molar-refractivity contribution < 1.29 is 25.2 Å². The number of ketones is 1. The Hall–Kier alpha value is -0.750. The van der Waals surface area contributed by atoms with Crippen LogP contribution in [0, 0.1) is 39.4 Å². The number of rotatable bonds is 6. The van der Waals surface area contributed by atoms with Gasteiger partial charge in [0.1, 0.15) is 5.60 Å². The molecule has 35 heavy (non-hydrogen) atoms. The lowest BCUT2D eigenvalue weighted by Crippen LogP contribution is -2.57. The second-order valence-electron chi connectivity index (χ2n) is 14.3. The van der Waals surface area contributed by atoms with Gasteiger partial charge in [-0.1, -0.05) is 47.1 Å². The average molecular weight is 491 g/mol. The van der Waals surface area contributed by atoms with E-state index in [2.05, 4.69) is 41.5 Å². The van der Waals surface area contributed by atoms with Crippen molar-refractivity contribution in [2.75, 3.05) is 6.61 Å². The quantitative estimate of drug-likeness (QED) is 0.429. The van der Waals surface area contributed by atoms with Gasteiger partial charge in [0.15, 0.2) is 5.78 Å². The highest BCUT2D eigenvalue weighted by Gasteiger charge is 2.65. The van der Waals surface area contributed by atoms with Gasteiger partial charge in [0, 0.05) is 17.4 Å². The molecule has 2 fully saturated rings. The number of Topliss-reactive ketones (excluding diaryl/α,β-unsaturated/α-hetero) is 1. The minimum atomic E-state index is -1.47. The van der Waals surface area contributed by atoms with E-state index in [1.54, 1.807) is 0 Å². The Balaban J connectivity index is 1.63. The van der Waals surface area contributed by atoms with Crippen molar-refractivity contribution in [1.82, 2.24) is 0 Å². The number of carbonyl (C=O) groups is 1. The van der Waals surface area contributed by atoms with Crippen molar-refractivity contribution in [1.29, 1.82) is 0 Å². The summed E-state index contributed by atoms with van der Waals surface area (Å²) in [6.07, 6.45) is 6.42. The number of hydrogen-bond acceptors (Lipinski definition) is 5. The third kappa shape index (κ3) is 3.82. The third-order valence-corrected chi connectivity index (χ3v) is 12.2. The normalized spacial score (nSPS) is 44.2. The Kier molecular flexibility index (Phi) is 6.74. The number of hydrogen-bond donors (Lipinski definition) is 4. The van der Waals surface area contributed by atoms with Gasteiger partial charge in [-0.15, -0.1) is 0 Å². The minimum absolute atomic E-state index is 0.0139. The van der Waals surface area contributed by atoms with Crippen LogP contribution in [0.4, 0.5) is 0 Å². The van der Waals surface area contributed by atoms with Crippen LogP contribution in [-0.4, -0.2) is 50.6 Å². The number of aliphatic hydroxyl groups excluding tert-OH is 3. The van der Waals surface area contributed by atoms with E-state index in [9.17, 15) is 25.2 Å². The third-order valence-electron chi connectivity index (χ3n) is 12.2. The highest BCUT2D eigenvalue weighted by atomic mass is 16.4. The molecular formula is C30H50O5. The molecule has 0 aromatic heterocycles. The lowest BCUT2D eigenvalue weighted by molar-refractivity contribution is -0.134. The number of allylic oxidation sites excluding steroid dienone is 2. The van der Waals surface area contributed by atoms with Crippen LogP contribution >= 0.6 is 0 Å². The molecule has 0 aromatic rings. The molecule has 9 unspecified atom stereocenters. The van der Waals surface area contributed by atoms with Crippen LogP contribution in [0.15, 0.2) is 11.1 Å². The van der Waals surface area contributed by atoms with Gasteiger partial charge in [0.2, 0.25) is 0 Å². The van der Waals surface area contributed by atoms with Gasteiger partial charge >= 0.3 is 0 Å². The second kappa shape index (κ2) is 8.64. The summed E-state index contributed by atoms with van der Waals surface area (Å²) in [5, 5.41) is 40.8. The van der Waals surface area contributed by atoms with Crippen molar-refractivity contribution in [3.63, 3.8) is 0 Å². The lowest BCUT2D eigenvalue weighted by Gasteiger charge is -2.61. The highest BCUT2D eigenvalue weighted by Crippen LogP contribution is 2.71. The van der Waals surface area contributed by atoms with E-state index in [1.807, 2.05) is 0 Å². The van der Waals surface area contributed by atoms with Gasteiger partial charge in [-0.2, -0.15) is 0 Å². The van der Waals surface area contributed by atoms with E-state index in [0.717, 1.165) is 50.5 Å². The van der Waals surface area contributed by atoms with Gasteiger partial charge in [-0.05, 0) is 92.3 Å². The molecule has 4 aliphatic carbocycles. The van der Waals surface area contributed by atoms with E-state index in [0.29, 0.717) is 30.5 Å². The lowest BCUT2D eigenvalue weighted by atomic mass is 9.43. The Morgan fingerprint density at radius 3 is 2.34 bits per heavy atom. The summed E-state index contributed by atoms with van der Waals surface area (Å²) in [5.41, 5.74) is 0.682. The number of carbonyl (C=O) groups excluding carboxylic acids is 1. The molecule has 0 saturated heterocycles. The predicted molar refractivity (Wildman–Crippen MR) is 138 cm³/mol. The van der Waals surface area contributed by atoms with Gasteiger partial charge in [0.25, 0.3) is 0 Å². The Bertz CT molecular complexity index is 889. The zero-order valence-electron chi connectivity index (χ0n) is 23.2. The summed E-state index contributed by atoms with van der Waals surface area (Å²) in [5.74, 6) is 1.32. The minimum Gasteiger partial charge on any atom is -0.393 e. The molecular weight excluding hydrogens is 440 g/mol. The average Bonchev–Trinajstić information content (AvgIpc) is 3.07. The topological polar surface area (TPSA) is 98.0 Å². The first-order chi connectivity index (χ1) is 16.1. The largest absolute Gasteiger partial charge is 0.393 e. The molecule has 5 nitrogen and oxygen atoms in total. The van der Waals surface area contributed by atoms with Gasteiger partial charge < -0.3 is 20.4 Å². The van der Waals surface area contributed by atoms with Crippen LogP contribution in [0.2, 0.25) is 0 Å².